The van der Waals surface area contributed by atoms with E-state index in [0.29, 0.717) is 18.0 Å². The van der Waals surface area contributed by atoms with Crippen LogP contribution in [0, 0.1) is 5.92 Å². The maximum Gasteiger partial charge on any atom is 0.307 e. The molecule has 0 aromatic carbocycles. The highest BCUT2D eigenvalue weighted by Gasteiger charge is 2.31. The first-order valence-electron chi connectivity index (χ1n) is 7.91. The summed E-state index contributed by atoms with van der Waals surface area (Å²) < 4.78 is 4.71. The maximum absolute atomic E-state index is 12.8. The van der Waals surface area contributed by atoms with E-state index in [4.69, 9.17) is 4.74 Å². The standard InChI is InChI=1S/C17H24N2O3/c1-13-5-3-4-6-15(13)19(12-9-16(20)22-2)17(21)14-7-10-18-11-8-14/h7-8,10-11,13,15H,3-6,9,12H2,1-2H3. The summed E-state index contributed by atoms with van der Waals surface area (Å²) in [6, 6.07) is 3.64. The fourth-order valence-electron chi connectivity index (χ4n) is 3.15. The van der Waals surface area contributed by atoms with Crippen molar-refractivity contribution in [1.29, 1.82) is 0 Å². The molecule has 0 radical (unpaired) electrons. The van der Waals surface area contributed by atoms with E-state index in [1.165, 1.54) is 13.5 Å². The van der Waals surface area contributed by atoms with Crippen molar-refractivity contribution in [3.05, 3.63) is 30.1 Å². The normalized spacial score (nSPS) is 21.2. The summed E-state index contributed by atoms with van der Waals surface area (Å²) in [7, 11) is 1.38. The molecule has 1 aliphatic carbocycles. The zero-order valence-corrected chi connectivity index (χ0v) is 13.3. The molecular weight excluding hydrogens is 280 g/mol. The van der Waals surface area contributed by atoms with Crippen LogP contribution in [0.5, 0.6) is 0 Å². The van der Waals surface area contributed by atoms with Crippen LogP contribution in [0.4, 0.5) is 0 Å². The number of esters is 1. The number of carbonyl (C=O) groups is 2. The molecule has 1 aliphatic rings. The van der Waals surface area contributed by atoms with E-state index in [2.05, 4.69) is 11.9 Å². The fourth-order valence-corrected chi connectivity index (χ4v) is 3.15. The number of carbonyl (C=O) groups excluding carboxylic acids is 2. The Hall–Kier alpha value is -1.91. The van der Waals surface area contributed by atoms with Crippen molar-refractivity contribution in [1.82, 2.24) is 9.88 Å². The lowest BCUT2D eigenvalue weighted by Crippen LogP contribution is -2.46. The van der Waals surface area contributed by atoms with E-state index in [9.17, 15) is 9.59 Å². The van der Waals surface area contributed by atoms with Gasteiger partial charge in [-0.2, -0.15) is 0 Å². The summed E-state index contributed by atoms with van der Waals surface area (Å²) >= 11 is 0. The first kappa shape index (κ1) is 16.5. The summed E-state index contributed by atoms with van der Waals surface area (Å²) in [6.45, 7) is 2.59. The number of aromatic nitrogens is 1. The predicted octanol–water partition coefficient (Wildman–Crippen LogP) is 2.67. The zero-order valence-electron chi connectivity index (χ0n) is 13.3. The molecule has 1 aromatic heterocycles. The average Bonchev–Trinajstić information content (AvgIpc) is 2.56. The van der Waals surface area contributed by atoms with Gasteiger partial charge in [-0.1, -0.05) is 19.8 Å². The van der Waals surface area contributed by atoms with Crippen LogP contribution in [0.3, 0.4) is 0 Å². The molecule has 2 rings (SSSR count). The highest BCUT2D eigenvalue weighted by Crippen LogP contribution is 2.29. The van der Waals surface area contributed by atoms with E-state index in [1.807, 2.05) is 4.90 Å². The minimum absolute atomic E-state index is 0.0231. The molecule has 5 heteroatoms. The molecule has 1 heterocycles. The van der Waals surface area contributed by atoms with E-state index in [-0.39, 0.29) is 24.3 Å². The second-order valence-electron chi connectivity index (χ2n) is 5.89. The van der Waals surface area contributed by atoms with E-state index in [1.54, 1.807) is 24.5 Å². The van der Waals surface area contributed by atoms with Gasteiger partial charge in [-0.05, 0) is 30.9 Å². The van der Waals surface area contributed by atoms with Crippen molar-refractivity contribution in [3.63, 3.8) is 0 Å². The maximum atomic E-state index is 12.8. The van der Waals surface area contributed by atoms with Crippen LogP contribution in [0.1, 0.15) is 49.4 Å². The lowest BCUT2D eigenvalue weighted by Gasteiger charge is -2.38. The van der Waals surface area contributed by atoms with Gasteiger partial charge in [0.25, 0.3) is 5.91 Å². The lowest BCUT2D eigenvalue weighted by atomic mass is 9.84. The Labute approximate surface area is 131 Å². The molecule has 0 bridgehead atoms. The van der Waals surface area contributed by atoms with Gasteiger partial charge in [0, 0.05) is 30.5 Å². The van der Waals surface area contributed by atoms with Crippen molar-refractivity contribution in [2.24, 2.45) is 5.92 Å². The van der Waals surface area contributed by atoms with Crippen LogP contribution in [-0.4, -0.2) is 41.5 Å². The van der Waals surface area contributed by atoms with Crippen LogP contribution in [-0.2, 0) is 9.53 Å². The Balaban J connectivity index is 2.16. The van der Waals surface area contributed by atoms with E-state index >= 15 is 0 Å². The van der Waals surface area contributed by atoms with Gasteiger partial charge in [0.2, 0.25) is 0 Å². The molecule has 22 heavy (non-hydrogen) atoms. The van der Waals surface area contributed by atoms with Gasteiger partial charge in [-0.25, -0.2) is 0 Å². The second kappa shape index (κ2) is 7.92. The Morgan fingerprint density at radius 2 is 1.95 bits per heavy atom. The first-order valence-corrected chi connectivity index (χ1v) is 7.91. The van der Waals surface area contributed by atoms with Crippen LogP contribution in [0.15, 0.2) is 24.5 Å². The van der Waals surface area contributed by atoms with Crippen molar-refractivity contribution < 1.29 is 14.3 Å². The zero-order chi connectivity index (χ0) is 15.9. The number of amides is 1. The van der Waals surface area contributed by atoms with Gasteiger partial charge in [-0.15, -0.1) is 0 Å². The van der Waals surface area contributed by atoms with E-state index < -0.39 is 0 Å². The number of hydrogen-bond acceptors (Lipinski definition) is 4. The molecule has 0 spiro atoms. The van der Waals surface area contributed by atoms with Gasteiger partial charge in [-0.3, -0.25) is 14.6 Å². The van der Waals surface area contributed by atoms with Crippen molar-refractivity contribution in [3.8, 4) is 0 Å². The number of pyridine rings is 1. The number of methoxy groups -OCH3 is 1. The summed E-state index contributed by atoms with van der Waals surface area (Å²) in [6.07, 6.45) is 7.95. The largest absolute Gasteiger partial charge is 0.469 e. The Morgan fingerprint density at radius 1 is 1.27 bits per heavy atom. The molecule has 1 amide bonds. The number of ether oxygens (including phenoxy) is 1. The van der Waals surface area contributed by atoms with Gasteiger partial charge in [0.05, 0.1) is 13.5 Å². The Kier molecular flexibility index (Phi) is 5.92. The quantitative estimate of drug-likeness (QED) is 0.785. The van der Waals surface area contributed by atoms with Crippen molar-refractivity contribution >= 4 is 11.9 Å². The highest BCUT2D eigenvalue weighted by atomic mass is 16.5. The lowest BCUT2D eigenvalue weighted by molar-refractivity contribution is -0.141. The Bertz CT molecular complexity index is 504. The average molecular weight is 304 g/mol. The fraction of sp³-hybridized carbons (Fsp3) is 0.588. The van der Waals surface area contributed by atoms with Crippen LogP contribution in [0.25, 0.3) is 0 Å². The van der Waals surface area contributed by atoms with Crippen LogP contribution < -0.4 is 0 Å². The molecule has 1 fully saturated rings. The molecule has 0 N–H and O–H groups in total. The SMILES string of the molecule is COC(=O)CCN(C(=O)c1ccncc1)C1CCCCC1C. The van der Waals surface area contributed by atoms with Gasteiger partial charge in [0.1, 0.15) is 0 Å². The number of hydrogen-bond donors (Lipinski definition) is 0. The van der Waals surface area contributed by atoms with Gasteiger partial charge in [0.15, 0.2) is 0 Å². The number of rotatable bonds is 5. The molecule has 1 aromatic rings. The summed E-state index contributed by atoms with van der Waals surface area (Å²) in [4.78, 5) is 30.1. The minimum Gasteiger partial charge on any atom is -0.469 e. The minimum atomic E-state index is -0.281. The molecule has 0 aliphatic heterocycles. The third kappa shape index (κ3) is 4.06. The topological polar surface area (TPSA) is 59.5 Å². The van der Waals surface area contributed by atoms with Gasteiger partial charge < -0.3 is 9.64 Å². The highest BCUT2D eigenvalue weighted by molar-refractivity contribution is 5.94. The van der Waals surface area contributed by atoms with E-state index in [0.717, 1.165) is 19.3 Å². The predicted molar refractivity (Wildman–Crippen MR) is 83.3 cm³/mol. The summed E-state index contributed by atoms with van der Waals surface area (Å²) in [5.41, 5.74) is 0.623. The monoisotopic (exact) mass is 304 g/mol. The smallest absolute Gasteiger partial charge is 0.307 e. The molecular formula is C17H24N2O3. The molecule has 0 saturated heterocycles. The van der Waals surface area contributed by atoms with Crippen LogP contribution >= 0.6 is 0 Å². The Morgan fingerprint density at radius 3 is 2.59 bits per heavy atom. The summed E-state index contributed by atoms with van der Waals surface area (Å²) in [5.74, 6) is 0.151. The summed E-state index contributed by atoms with van der Waals surface area (Å²) in [5, 5.41) is 0. The van der Waals surface area contributed by atoms with Gasteiger partial charge >= 0.3 is 5.97 Å². The molecule has 1 saturated carbocycles. The molecule has 5 nitrogen and oxygen atoms in total. The van der Waals surface area contributed by atoms with Crippen molar-refractivity contribution in [2.75, 3.05) is 13.7 Å². The molecule has 2 atom stereocenters. The number of nitrogens with zero attached hydrogens (tertiary/aromatic N) is 2. The molecule has 120 valence electrons. The second-order valence-corrected chi connectivity index (χ2v) is 5.89. The third-order valence-corrected chi connectivity index (χ3v) is 4.44. The first-order chi connectivity index (χ1) is 10.6. The third-order valence-electron chi connectivity index (χ3n) is 4.44. The van der Waals surface area contributed by atoms with Crippen LogP contribution in [0.2, 0.25) is 0 Å². The molecule has 2 unspecified atom stereocenters. The van der Waals surface area contributed by atoms with Crippen molar-refractivity contribution in [2.45, 2.75) is 45.1 Å².